The summed E-state index contributed by atoms with van der Waals surface area (Å²) in [6.07, 6.45) is 0.445. The lowest BCUT2D eigenvalue weighted by molar-refractivity contribution is -0.139. The highest BCUT2D eigenvalue weighted by molar-refractivity contribution is 6.05. The number of hydrazone groups is 1. The van der Waals surface area contributed by atoms with Crippen LogP contribution in [0.3, 0.4) is 0 Å². The summed E-state index contributed by atoms with van der Waals surface area (Å²) in [6, 6.07) is 7.25. The Morgan fingerprint density at radius 2 is 2.27 bits per heavy atom. The van der Waals surface area contributed by atoms with Gasteiger partial charge in [0.25, 0.3) is 0 Å². The van der Waals surface area contributed by atoms with Crippen LogP contribution in [0.1, 0.15) is 17.5 Å². The lowest BCUT2D eigenvalue weighted by atomic mass is 10.0. The smallest absolute Gasteiger partial charge is 0.328 e. The summed E-state index contributed by atoms with van der Waals surface area (Å²) < 4.78 is 0. The number of carbonyl (C=O) groups is 1. The average molecular weight is 204 g/mol. The van der Waals surface area contributed by atoms with E-state index in [9.17, 15) is 4.79 Å². The fraction of sp³-hybridized carbons (Fsp3) is 0.273. The molecular formula is C11H12N2O2. The first-order valence-corrected chi connectivity index (χ1v) is 4.79. The largest absolute Gasteiger partial charge is 0.480 e. The molecular weight excluding hydrogens is 192 g/mol. The van der Waals surface area contributed by atoms with Gasteiger partial charge < -0.3 is 5.11 Å². The summed E-state index contributed by atoms with van der Waals surface area (Å²) in [7, 11) is 0. The van der Waals surface area contributed by atoms with Crippen LogP contribution in [-0.2, 0) is 4.79 Å². The van der Waals surface area contributed by atoms with E-state index in [2.05, 4.69) is 10.5 Å². The van der Waals surface area contributed by atoms with E-state index in [1.807, 2.05) is 31.2 Å². The van der Waals surface area contributed by atoms with Crippen LogP contribution in [0.4, 0.5) is 0 Å². The quantitative estimate of drug-likeness (QED) is 0.759. The number of carboxylic acid groups (broad SMARTS) is 1. The van der Waals surface area contributed by atoms with E-state index in [0.717, 1.165) is 16.8 Å². The summed E-state index contributed by atoms with van der Waals surface area (Å²) in [6.45, 7) is 1.99. The fourth-order valence-corrected chi connectivity index (χ4v) is 1.65. The molecule has 2 N–H and O–H groups in total. The van der Waals surface area contributed by atoms with Gasteiger partial charge in [-0.05, 0) is 12.5 Å². The van der Waals surface area contributed by atoms with Crippen molar-refractivity contribution in [3.63, 3.8) is 0 Å². The van der Waals surface area contributed by atoms with Gasteiger partial charge in [0.15, 0.2) is 0 Å². The third-order valence-electron chi connectivity index (χ3n) is 2.51. The van der Waals surface area contributed by atoms with Crippen LogP contribution in [0, 0.1) is 6.92 Å². The third kappa shape index (κ3) is 1.83. The molecule has 1 aliphatic rings. The zero-order valence-corrected chi connectivity index (χ0v) is 8.40. The molecule has 1 heterocycles. The molecule has 4 nitrogen and oxygen atoms in total. The Bertz CT molecular complexity index is 426. The molecule has 4 heteroatoms. The van der Waals surface area contributed by atoms with Crippen LogP contribution in [0.25, 0.3) is 0 Å². The minimum atomic E-state index is -0.859. The van der Waals surface area contributed by atoms with E-state index in [4.69, 9.17) is 5.11 Å². The number of nitrogens with one attached hydrogen (secondary N) is 1. The number of nitrogens with zero attached hydrogens (tertiary/aromatic N) is 1. The van der Waals surface area contributed by atoms with Crippen LogP contribution >= 0.6 is 0 Å². The molecule has 0 fully saturated rings. The van der Waals surface area contributed by atoms with E-state index in [1.165, 1.54) is 0 Å². The Labute approximate surface area is 87.6 Å². The second kappa shape index (κ2) is 3.73. The van der Waals surface area contributed by atoms with Crippen molar-refractivity contribution < 1.29 is 9.90 Å². The standard InChI is InChI=1S/C11H12N2O2/c1-7-4-2-3-5-8(7)9-6-10(11(14)15)13-12-9/h2-5,10,13H,6H2,1H3,(H,14,15). The second-order valence-corrected chi connectivity index (χ2v) is 3.60. The maximum atomic E-state index is 10.7. The summed E-state index contributed by atoms with van der Waals surface area (Å²) in [4.78, 5) is 10.7. The van der Waals surface area contributed by atoms with E-state index in [0.29, 0.717) is 6.42 Å². The SMILES string of the molecule is Cc1ccccc1C1=NNC(C(=O)O)C1. The first-order valence-electron chi connectivity index (χ1n) is 4.79. The van der Waals surface area contributed by atoms with Crippen molar-refractivity contribution in [3.8, 4) is 0 Å². The number of aryl methyl sites for hydroxylation is 1. The Balaban J connectivity index is 2.21. The second-order valence-electron chi connectivity index (χ2n) is 3.60. The van der Waals surface area contributed by atoms with Gasteiger partial charge in [0, 0.05) is 12.0 Å². The Morgan fingerprint density at radius 1 is 1.53 bits per heavy atom. The minimum absolute atomic E-state index is 0.445. The number of carboxylic acids is 1. The first kappa shape index (κ1) is 9.71. The van der Waals surface area contributed by atoms with Crippen LogP contribution < -0.4 is 5.43 Å². The van der Waals surface area contributed by atoms with Gasteiger partial charge >= 0.3 is 5.97 Å². The Morgan fingerprint density at radius 3 is 2.87 bits per heavy atom. The molecule has 0 saturated carbocycles. The fourth-order valence-electron chi connectivity index (χ4n) is 1.65. The number of hydrogen-bond acceptors (Lipinski definition) is 3. The number of benzene rings is 1. The molecule has 0 spiro atoms. The molecule has 15 heavy (non-hydrogen) atoms. The van der Waals surface area contributed by atoms with Crippen molar-refractivity contribution in [3.05, 3.63) is 35.4 Å². The zero-order chi connectivity index (χ0) is 10.8. The van der Waals surface area contributed by atoms with Crippen molar-refractivity contribution in [1.29, 1.82) is 0 Å². The maximum Gasteiger partial charge on any atom is 0.328 e. The number of hydrogen-bond donors (Lipinski definition) is 2. The molecule has 78 valence electrons. The van der Waals surface area contributed by atoms with Crippen LogP contribution in [-0.4, -0.2) is 22.8 Å². The number of aliphatic carboxylic acids is 1. The summed E-state index contributed by atoms with van der Waals surface area (Å²) >= 11 is 0. The maximum absolute atomic E-state index is 10.7. The predicted molar refractivity (Wildman–Crippen MR) is 56.9 cm³/mol. The van der Waals surface area contributed by atoms with Gasteiger partial charge in [-0.15, -0.1) is 0 Å². The molecule has 1 aliphatic heterocycles. The van der Waals surface area contributed by atoms with Gasteiger partial charge in [0.05, 0.1) is 5.71 Å². The predicted octanol–water partition coefficient (Wildman–Crippen LogP) is 1.15. The first-order chi connectivity index (χ1) is 7.18. The van der Waals surface area contributed by atoms with Crippen molar-refractivity contribution in [2.45, 2.75) is 19.4 Å². The number of rotatable bonds is 2. The highest BCUT2D eigenvalue weighted by Crippen LogP contribution is 2.15. The van der Waals surface area contributed by atoms with Gasteiger partial charge in [-0.25, -0.2) is 4.79 Å². The molecule has 0 radical (unpaired) electrons. The molecule has 0 aromatic heterocycles. The molecule has 2 rings (SSSR count). The molecule has 0 bridgehead atoms. The average Bonchev–Trinajstić information content (AvgIpc) is 2.67. The van der Waals surface area contributed by atoms with Gasteiger partial charge in [-0.1, -0.05) is 24.3 Å². The van der Waals surface area contributed by atoms with E-state index in [-0.39, 0.29) is 0 Å². The van der Waals surface area contributed by atoms with Crippen molar-refractivity contribution >= 4 is 11.7 Å². The Kier molecular flexibility index (Phi) is 2.41. The van der Waals surface area contributed by atoms with Crippen molar-refractivity contribution in [1.82, 2.24) is 5.43 Å². The molecule has 0 amide bonds. The van der Waals surface area contributed by atoms with E-state index in [1.54, 1.807) is 0 Å². The minimum Gasteiger partial charge on any atom is -0.480 e. The van der Waals surface area contributed by atoms with E-state index >= 15 is 0 Å². The van der Waals surface area contributed by atoms with Crippen molar-refractivity contribution in [2.75, 3.05) is 0 Å². The molecule has 1 unspecified atom stereocenters. The van der Waals surface area contributed by atoms with Crippen LogP contribution in [0.5, 0.6) is 0 Å². The molecule has 0 aliphatic carbocycles. The summed E-state index contributed by atoms with van der Waals surface area (Å²) in [5, 5.41) is 12.9. The summed E-state index contributed by atoms with van der Waals surface area (Å²) in [5.74, 6) is -0.859. The molecule has 0 saturated heterocycles. The normalized spacial score (nSPS) is 19.5. The van der Waals surface area contributed by atoms with Crippen LogP contribution in [0.2, 0.25) is 0 Å². The summed E-state index contributed by atoms with van der Waals surface area (Å²) in [5.41, 5.74) is 5.58. The lowest BCUT2D eigenvalue weighted by Crippen LogP contribution is -2.29. The topological polar surface area (TPSA) is 61.7 Å². The van der Waals surface area contributed by atoms with Crippen molar-refractivity contribution in [2.24, 2.45) is 5.10 Å². The van der Waals surface area contributed by atoms with E-state index < -0.39 is 12.0 Å². The van der Waals surface area contributed by atoms with Gasteiger partial charge in [0.1, 0.15) is 6.04 Å². The third-order valence-corrected chi connectivity index (χ3v) is 2.51. The lowest BCUT2D eigenvalue weighted by Gasteiger charge is -2.04. The van der Waals surface area contributed by atoms with Gasteiger partial charge in [0.2, 0.25) is 0 Å². The Hall–Kier alpha value is -1.84. The molecule has 1 aromatic carbocycles. The molecule has 1 atom stereocenters. The van der Waals surface area contributed by atoms with Crippen LogP contribution in [0.15, 0.2) is 29.4 Å². The van der Waals surface area contributed by atoms with Gasteiger partial charge in [-0.3, -0.25) is 5.43 Å². The van der Waals surface area contributed by atoms with Gasteiger partial charge in [-0.2, -0.15) is 5.10 Å². The highest BCUT2D eigenvalue weighted by Gasteiger charge is 2.25. The molecule has 1 aromatic rings. The zero-order valence-electron chi connectivity index (χ0n) is 8.40. The monoisotopic (exact) mass is 204 g/mol. The highest BCUT2D eigenvalue weighted by atomic mass is 16.4.